The van der Waals surface area contributed by atoms with Gasteiger partial charge in [-0.15, -0.1) is 11.3 Å². The molecule has 1 saturated heterocycles. The van der Waals surface area contributed by atoms with Crippen LogP contribution in [-0.4, -0.2) is 51.1 Å². The maximum Gasteiger partial charge on any atom is 0.188 e. The number of nitrogens with one attached hydrogen (secondary N) is 2. The maximum atomic E-state index is 5.30. The van der Waals surface area contributed by atoms with Gasteiger partial charge in [-0.25, -0.2) is 19.9 Å². The van der Waals surface area contributed by atoms with Crippen molar-refractivity contribution < 1.29 is 0 Å². The first-order valence-electron chi connectivity index (χ1n) is 14.2. The third-order valence-corrected chi connectivity index (χ3v) is 9.30. The Hall–Kier alpha value is -3.17. The van der Waals surface area contributed by atoms with Crippen LogP contribution in [0.2, 0.25) is 0 Å². The minimum absolute atomic E-state index is 0.107. The van der Waals surface area contributed by atoms with E-state index in [0.29, 0.717) is 23.7 Å². The molecular weight excluding hydrogens is 504 g/mol. The molecular formula is C30H36N8S. The zero-order chi connectivity index (χ0) is 26.6. The molecule has 7 rings (SSSR count). The van der Waals surface area contributed by atoms with Crippen LogP contribution in [0.3, 0.4) is 0 Å². The van der Waals surface area contributed by atoms with Crippen LogP contribution in [-0.2, 0) is 0 Å². The van der Waals surface area contributed by atoms with Crippen molar-refractivity contribution in [3.63, 3.8) is 0 Å². The first-order valence-corrected chi connectivity index (χ1v) is 15.1. The van der Waals surface area contributed by atoms with Gasteiger partial charge in [-0.05, 0) is 74.1 Å². The van der Waals surface area contributed by atoms with Crippen molar-refractivity contribution in [3.8, 4) is 11.4 Å². The molecule has 202 valence electrons. The quantitative estimate of drug-likeness (QED) is 0.284. The Labute approximate surface area is 233 Å². The molecule has 5 heterocycles. The van der Waals surface area contributed by atoms with Gasteiger partial charge in [0.05, 0.1) is 17.4 Å². The lowest BCUT2D eigenvalue weighted by molar-refractivity contribution is 0.276. The van der Waals surface area contributed by atoms with E-state index >= 15 is 0 Å². The van der Waals surface area contributed by atoms with E-state index in [0.717, 1.165) is 59.2 Å². The number of fused-ring (bicyclic) bond motifs is 1. The van der Waals surface area contributed by atoms with Crippen molar-refractivity contribution in [2.45, 2.75) is 70.3 Å². The first kappa shape index (κ1) is 24.8. The summed E-state index contributed by atoms with van der Waals surface area (Å²) in [6.07, 6.45) is 13.0. The molecule has 0 aromatic carbocycles. The van der Waals surface area contributed by atoms with Gasteiger partial charge in [-0.3, -0.25) is 4.98 Å². The highest BCUT2D eigenvalue weighted by atomic mass is 32.1. The standard InChI is InChI=1S/C30H36N8S/c1-30(2)17-31-11-4-5-24(30)38(3)28-26-21(18-6-7-18)14-32-15-22(26)34-27(37-28)20-10-12-33-25(13-20)36-29-35-23(16-39-29)19-8-9-19/h10,12-16,18-19,24,31H,4-9,11,17H2,1-3H3,(H,33,35,36). The molecule has 4 aromatic rings. The van der Waals surface area contributed by atoms with E-state index in [9.17, 15) is 0 Å². The van der Waals surface area contributed by atoms with Crippen molar-refractivity contribution in [1.82, 2.24) is 30.2 Å². The van der Waals surface area contributed by atoms with Crippen LogP contribution in [0, 0.1) is 5.41 Å². The highest BCUT2D eigenvalue weighted by Gasteiger charge is 2.36. The van der Waals surface area contributed by atoms with E-state index in [1.54, 1.807) is 11.3 Å². The predicted octanol–water partition coefficient (Wildman–Crippen LogP) is 6.26. The third-order valence-electron chi connectivity index (χ3n) is 8.52. The molecule has 3 aliphatic rings. The Bertz CT molecular complexity index is 1510. The van der Waals surface area contributed by atoms with Crippen LogP contribution < -0.4 is 15.5 Å². The largest absolute Gasteiger partial charge is 0.355 e. The number of nitrogens with zero attached hydrogens (tertiary/aromatic N) is 6. The summed E-state index contributed by atoms with van der Waals surface area (Å²) in [5.74, 6) is 3.66. The number of anilines is 3. The van der Waals surface area contributed by atoms with Crippen molar-refractivity contribution in [2.24, 2.45) is 5.41 Å². The number of rotatable bonds is 7. The maximum absolute atomic E-state index is 5.30. The van der Waals surface area contributed by atoms with Crippen LogP contribution in [0.25, 0.3) is 22.3 Å². The molecule has 3 fully saturated rings. The average Bonchev–Trinajstić information content (AvgIpc) is 3.87. The van der Waals surface area contributed by atoms with Crippen LogP contribution >= 0.6 is 11.3 Å². The second-order valence-electron chi connectivity index (χ2n) is 12.1. The monoisotopic (exact) mass is 540 g/mol. The lowest BCUT2D eigenvalue weighted by Crippen LogP contribution is -2.46. The van der Waals surface area contributed by atoms with E-state index in [4.69, 9.17) is 15.0 Å². The van der Waals surface area contributed by atoms with Gasteiger partial charge in [-0.2, -0.15) is 0 Å². The zero-order valence-electron chi connectivity index (χ0n) is 22.9. The van der Waals surface area contributed by atoms with Crippen molar-refractivity contribution in [1.29, 1.82) is 0 Å². The van der Waals surface area contributed by atoms with Crippen LogP contribution in [0.4, 0.5) is 16.8 Å². The SMILES string of the molecule is CN(c1nc(-c2ccnc(Nc3nc(C4CC4)cs3)c2)nc2cncc(C3CC3)c12)C1CCCNCC1(C)C. The molecule has 1 unspecified atom stereocenters. The molecule has 8 nitrogen and oxygen atoms in total. The van der Waals surface area contributed by atoms with Crippen LogP contribution in [0.5, 0.6) is 0 Å². The fourth-order valence-corrected chi connectivity index (χ4v) is 6.84. The Kier molecular flexibility index (Phi) is 6.23. The molecule has 0 spiro atoms. The minimum Gasteiger partial charge on any atom is -0.355 e. The second kappa shape index (κ2) is 9.78. The van der Waals surface area contributed by atoms with Crippen molar-refractivity contribution >= 4 is 39.0 Å². The molecule has 0 radical (unpaired) electrons. The Morgan fingerprint density at radius 1 is 1.05 bits per heavy atom. The first-order chi connectivity index (χ1) is 19.0. The Balaban J connectivity index is 1.29. The highest BCUT2D eigenvalue weighted by Crippen LogP contribution is 2.46. The second-order valence-corrected chi connectivity index (χ2v) is 13.0. The molecule has 4 aromatic heterocycles. The predicted molar refractivity (Wildman–Crippen MR) is 158 cm³/mol. The zero-order valence-corrected chi connectivity index (χ0v) is 23.8. The molecule has 0 amide bonds. The highest BCUT2D eigenvalue weighted by molar-refractivity contribution is 7.13. The molecule has 2 saturated carbocycles. The topological polar surface area (TPSA) is 91.8 Å². The molecule has 1 aliphatic heterocycles. The fourth-order valence-electron chi connectivity index (χ4n) is 6.04. The number of hydrogen-bond acceptors (Lipinski definition) is 9. The van der Waals surface area contributed by atoms with E-state index < -0.39 is 0 Å². The summed E-state index contributed by atoms with van der Waals surface area (Å²) in [6.45, 7) is 6.80. The molecule has 0 bridgehead atoms. The van der Waals surface area contributed by atoms with Gasteiger partial charge in [0.25, 0.3) is 0 Å². The van der Waals surface area contributed by atoms with E-state index in [1.807, 2.05) is 30.7 Å². The number of hydrogen-bond donors (Lipinski definition) is 2. The Morgan fingerprint density at radius 3 is 2.72 bits per heavy atom. The number of thiazole rings is 1. The minimum atomic E-state index is 0.107. The fraction of sp³-hybridized carbons (Fsp3) is 0.500. The molecule has 2 N–H and O–H groups in total. The van der Waals surface area contributed by atoms with Crippen LogP contribution in [0.15, 0.2) is 36.1 Å². The van der Waals surface area contributed by atoms with E-state index in [2.05, 4.69) is 51.8 Å². The van der Waals surface area contributed by atoms with Gasteiger partial charge in [-0.1, -0.05) is 13.8 Å². The lowest BCUT2D eigenvalue weighted by atomic mass is 9.82. The number of pyridine rings is 2. The molecule has 39 heavy (non-hydrogen) atoms. The summed E-state index contributed by atoms with van der Waals surface area (Å²) in [5.41, 5.74) is 4.44. The van der Waals surface area contributed by atoms with Gasteiger partial charge in [0, 0.05) is 54.3 Å². The van der Waals surface area contributed by atoms with E-state index in [-0.39, 0.29) is 5.41 Å². The molecule has 2 aliphatic carbocycles. The normalized spacial score (nSPS) is 21.1. The summed E-state index contributed by atoms with van der Waals surface area (Å²) < 4.78 is 0. The number of aromatic nitrogens is 5. The summed E-state index contributed by atoms with van der Waals surface area (Å²) in [4.78, 5) is 26.7. The van der Waals surface area contributed by atoms with Crippen molar-refractivity contribution in [2.75, 3.05) is 30.4 Å². The summed E-state index contributed by atoms with van der Waals surface area (Å²) >= 11 is 1.64. The van der Waals surface area contributed by atoms with Gasteiger partial charge < -0.3 is 15.5 Å². The van der Waals surface area contributed by atoms with Gasteiger partial charge in [0.2, 0.25) is 0 Å². The van der Waals surface area contributed by atoms with Crippen molar-refractivity contribution in [3.05, 3.63) is 47.4 Å². The van der Waals surface area contributed by atoms with Crippen LogP contribution in [0.1, 0.15) is 75.5 Å². The lowest BCUT2D eigenvalue weighted by Gasteiger charge is -2.40. The summed E-state index contributed by atoms with van der Waals surface area (Å²) in [5, 5.41) is 11.2. The Morgan fingerprint density at radius 2 is 1.90 bits per heavy atom. The van der Waals surface area contributed by atoms with Gasteiger partial charge >= 0.3 is 0 Å². The molecule has 9 heteroatoms. The van der Waals surface area contributed by atoms with Gasteiger partial charge in [0.15, 0.2) is 11.0 Å². The summed E-state index contributed by atoms with van der Waals surface area (Å²) in [6, 6.07) is 4.38. The van der Waals surface area contributed by atoms with E-state index in [1.165, 1.54) is 36.9 Å². The molecule has 1 atom stereocenters. The smallest absolute Gasteiger partial charge is 0.188 e. The average molecular weight is 541 g/mol. The summed E-state index contributed by atoms with van der Waals surface area (Å²) in [7, 11) is 2.22. The third kappa shape index (κ3) is 4.98. The van der Waals surface area contributed by atoms with Gasteiger partial charge in [0.1, 0.15) is 11.6 Å².